The number of nitrogens with zero attached hydrogens (tertiary/aromatic N) is 2. The molecule has 1 aromatic rings. The normalized spacial score (nSPS) is 22.2. The summed E-state index contributed by atoms with van der Waals surface area (Å²) in [5, 5.41) is 12.2. The van der Waals surface area contributed by atoms with Crippen LogP contribution in [0.25, 0.3) is 0 Å². The monoisotopic (exact) mass is 254 g/mol. The van der Waals surface area contributed by atoms with Crippen molar-refractivity contribution < 1.29 is 9.90 Å². The van der Waals surface area contributed by atoms with E-state index in [0.717, 1.165) is 10.7 Å². The first-order valence-electron chi connectivity index (χ1n) is 5.90. The van der Waals surface area contributed by atoms with Gasteiger partial charge in [0, 0.05) is 49.0 Å². The highest BCUT2D eigenvalue weighted by molar-refractivity contribution is 7.09. The Labute approximate surface area is 105 Å². The van der Waals surface area contributed by atoms with Gasteiger partial charge in [-0.05, 0) is 6.92 Å². The molecule has 1 aliphatic heterocycles. The lowest BCUT2D eigenvalue weighted by atomic mass is 10.1. The summed E-state index contributed by atoms with van der Waals surface area (Å²) < 4.78 is 0. The Bertz CT molecular complexity index is 405. The van der Waals surface area contributed by atoms with Crippen LogP contribution in [-0.2, 0) is 4.79 Å². The smallest absolute Gasteiger partial charge is 0.223 e. The number of aryl methyl sites for hydroxylation is 1. The van der Waals surface area contributed by atoms with Crippen molar-refractivity contribution in [2.24, 2.45) is 5.92 Å². The number of hydrogen-bond donors (Lipinski definition) is 1. The van der Waals surface area contributed by atoms with Gasteiger partial charge in [0.1, 0.15) is 0 Å². The van der Waals surface area contributed by atoms with E-state index in [0.29, 0.717) is 19.5 Å². The molecule has 17 heavy (non-hydrogen) atoms. The molecular formula is C12H18N2O2S. The summed E-state index contributed by atoms with van der Waals surface area (Å²) in [5.74, 6) is 0.548. The highest BCUT2D eigenvalue weighted by Gasteiger charge is 2.30. The molecule has 0 aromatic carbocycles. The fourth-order valence-electron chi connectivity index (χ4n) is 2.16. The second kappa shape index (κ2) is 5.14. The van der Waals surface area contributed by atoms with Crippen molar-refractivity contribution in [1.82, 2.24) is 9.88 Å². The van der Waals surface area contributed by atoms with Gasteiger partial charge in [0.15, 0.2) is 0 Å². The van der Waals surface area contributed by atoms with E-state index >= 15 is 0 Å². The van der Waals surface area contributed by atoms with Crippen LogP contribution < -0.4 is 0 Å². The lowest BCUT2D eigenvalue weighted by molar-refractivity contribution is -0.127. The van der Waals surface area contributed by atoms with Crippen LogP contribution in [0.1, 0.15) is 30.0 Å². The molecule has 0 radical (unpaired) electrons. The number of thiazole rings is 1. The fourth-order valence-corrected chi connectivity index (χ4v) is 3.01. The maximum absolute atomic E-state index is 11.7. The number of likely N-dealkylation sites (tertiary alicyclic amines) is 1. The second-order valence-electron chi connectivity index (χ2n) is 4.78. The topological polar surface area (TPSA) is 53.4 Å². The molecule has 1 aromatic heterocycles. The molecule has 0 bridgehead atoms. The maximum Gasteiger partial charge on any atom is 0.223 e. The molecule has 0 saturated carbocycles. The van der Waals surface area contributed by atoms with Crippen LogP contribution in [0.2, 0.25) is 0 Å². The van der Waals surface area contributed by atoms with Crippen molar-refractivity contribution in [3.8, 4) is 0 Å². The highest BCUT2D eigenvalue weighted by Crippen LogP contribution is 2.24. The van der Waals surface area contributed by atoms with Crippen molar-refractivity contribution in [1.29, 1.82) is 0 Å². The number of aromatic nitrogens is 1. The van der Waals surface area contributed by atoms with Crippen molar-refractivity contribution in [2.75, 3.05) is 19.7 Å². The van der Waals surface area contributed by atoms with E-state index in [9.17, 15) is 4.79 Å². The molecule has 2 unspecified atom stereocenters. The molecule has 2 atom stereocenters. The van der Waals surface area contributed by atoms with Crippen LogP contribution in [0.15, 0.2) is 5.38 Å². The number of rotatable bonds is 4. The highest BCUT2D eigenvalue weighted by atomic mass is 32.1. The van der Waals surface area contributed by atoms with E-state index in [1.807, 2.05) is 17.2 Å². The number of carbonyl (C=O) groups is 1. The minimum absolute atomic E-state index is 0.104. The SMILES string of the molecule is Cc1csc(C(C)CN2CC(CO)CC2=O)n1. The molecule has 2 heterocycles. The van der Waals surface area contributed by atoms with Crippen molar-refractivity contribution in [3.05, 3.63) is 16.1 Å². The molecule has 0 aliphatic carbocycles. The standard InChI is InChI=1S/C12H18N2O2S/c1-8(12-13-9(2)7-17-12)4-14-5-10(6-15)3-11(14)16/h7-8,10,15H,3-6H2,1-2H3. The predicted octanol–water partition coefficient (Wildman–Crippen LogP) is 1.40. The molecule has 1 aliphatic rings. The first-order chi connectivity index (χ1) is 8.10. The number of hydrogen-bond acceptors (Lipinski definition) is 4. The fraction of sp³-hybridized carbons (Fsp3) is 0.667. The zero-order valence-electron chi connectivity index (χ0n) is 10.2. The summed E-state index contributed by atoms with van der Waals surface area (Å²) in [5.41, 5.74) is 1.04. The Balaban J connectivity index is 1.95. The third-order valence-electron chi connectivity index (χ3n) is 3.11. The van der Waals surface area contributed by atoms with Gasteiger partial charge in [-0.1, -0.05) is 6.92 Å². The van der Waals surface area contributed by atoms with Crippen LogP contribution in [0.4, 0.5) is 0 Å². The van der Waals surface area contributed by atoms with Crippen LogP contribution in [0.5, 0.6) is 0 Å². The van der Waals surface area contributed by atoms with E-state index in [1.54, 1.807) is 11.3 Å². The van der Waals surface area contributed by atoms with E-state index in [2.05, 4.69) is 11.9 Å². The zero-order valence-corrected chi connectivity index (χ0v) is 11.0. The third-order valence-corrected chi connectivity index (χ3v) is 4.30. The van der Waals surface area contributed by atoms with Gasteiger partial charge in [0.2, 0.25) is 5.91 Å². The molecule has 5 heteroatoms. The third kappa shape index (κ3) is 2.84. The van der Waals surface area contributed by atoms with Crippen molar-refractivity contribution in [2.45, 2.75) is 26.2 Å². The summed E-state index contributed by atoms with van der Waals surface area (Å²) >= 11 is 1.65. The van der Waals surface area contributed by atoms with E-state index < -0.39 is 0 Å². The Morgan fingerprint density at radius 2 is 2.47 bits per heavy atom. The quantitative estimate of drug-likeness (QED) is 0.883. The lowest BCUT2D eigenvalue weighted by Gasteiger charge is -2.19. The van der Waals surface area contributed by atoms with E-state index in [-0.39, 0.29) is 24.3 Å². The average molecular weight is 254 g/mol. The number of amides is 1. The van der Waals surface area contributed by atoms with E-state index in [1.165, 1.54) is 0 Å². The summed E-state index contributed by atoms with van der Waals surface area (Å²) in [6.07, 6.45) is 0.486. The molecule has 1 amide bonds. The first-order valence-corrected chi connectivity index (χ1v) is 6.78. The Kier molecular flexibility index (Phi) is 3.79. The first kappa shape index (κ1) is 12.5. The molecule has 1 fully saturated rings. The predicted molar refractivity (Wildman–Crippen MR) is 67.0 cm³/mol. The average Bonchev–Trinajstić information content (AvgIpc) is 2.86. The largest absolute Gasteiger partial charge is 0.396 e. The van der Waals surface area contributed by atoms with E-state index in [4.69, 9.17) is 5.11 Å². The molecular weight excluding hydrogens is 236 g/mol. The van der Waals surface area contributed by atoms with Crippen LogP contribution in [0, 0.1) is 12.8 Å². The number of aliphatic hydroxyl groups is 1. The van der Waals surface area contributed by atoms with Gasteiger partial charge in [0.25, 0.3) is 0 Å². The van der Waals surface area contributed by atoms with Gasteiger partial charge >= 0.3 is 0 Å². The summed E-state index contributed by atoms with van der Waals surface area (Å²) in [6, 6.07) is 0. The molecule has 94 valence electrons. The Hall–Kier alpha value is -0.940. The second-order valence-corrected chi connectivity index (χ2v) is 5.67. The summed E-state index contributed by atoms with van der Waals surface area (Å²) in [4.78, 5) is 18.0. The van der Waals surface area contributed by atoms with Crippen molar-refractivity contribution >= 4 is 17.2 Å². The molecule has 0 spiro atoms. The van der Waals surface area contributed by atoms with Crippen LogP contribution in [0.3, 0.4) is 0 Å². The minimum atomic E-state index is 0.104. The Morgan fingerprint density at radius 3 is 3.00 bits per heavy atom. The van der Waals surface area contributed by atoms with Crippen molar-refractivity contribution in [3.63, 3.8) is 0 Å². The molecule has 4 nitrogen and oxygen atoms in total. The van der Waals surface area contributed by atoms with Crippen LogP contribution >= 0.6 is 11.3 Å². The van der Waals surface area contributed by atoms with Gasteiger partial charge in [-0.3, -0.25) is 4.79 Å². The van der Waals surface area contributed by atoms with Crippen LogP contribution in [-0.4, -0.2) is 40.6 Å². The molecule has 1 saturated heterocycles. The minimum Gasteiger partial charge on any atom is -0.396 e. The molecule has 2 rings (SSSR count). The van der Waals surface area contributed by atoms with Gasteiger partial charge < -0.3 is 10.0 Å². The van der Waals surface area contributed by atoms with Gasteiger partial charge in [-0.2, -0.15) is 0 Å². The van der Waals surface area contributed by atoms with Gasteiger partial charge in [-0.25, -0.2) is 4.98 Å². The maximum atomic E-state index is 11.7. The lowest BCUT2D eigenvalue weighted by Crippen LogP contribution is -2.29. The number of carbonyl (C=O) groups excluding carboxylic acids is 1. The zero-order chi connectivity index (χ0) is 12.4. The van der Waals surface area contributed by atoms with Gasteiger partial charge in [0.05, 0.1) is 5.01 Å². The number of aliphatic hydroxyl groups excluding tert-OH is 1. The molecule has 1 N–H and O–H groups in total. The van der Waals surface area contributed by atoms with Gasteiger partial charge in [-0.15, -0.1) is 11.3 Å². The Morgan fingerprint density at radius 1 is 1.71 bits per heavy atom. The summed E-state index contributed by atoms with van der Waals surface area (Å²) in [6.45, 7) is 5.58. The summed E-state index contributed by atoms with van der Waals surface area (Å²) in [7, 11) is 0.